The average Bonchev–Trinajstić information content (AvgIpc) is 2.42. The number of nitrogen functional groups attached to an aromatic ring is 1. The van der Waals surface area contributed by atoms with Crippen LogP contribution in [0.4, 0.5) is 5.69 Å². The second-order valence-electron chi connectivity index (χ2n) is 3.74. The van der Waals surface area contributed by atoms with Gasteiger partial charge in [0.2, 0.25) is 5.88 Å². The van der Waals surface area contributed by atoms with Gasteiger partial charge in [0.05, 0.1) is 17.9 Å². The summed E-state index contributed by atoms with van der Waals surface area (Å²) >= 11 is 0. The number of anilines is 1. The van der Waals surface area contributed by atoms with E-state index < -0.39 is 0 Å². The maximum atomic E-state index is 11.5. The quantitative estimate of drug-likeness (QED) is 0.853. The van der Waals surface area contributed by atoms with Crippen LogP contribution in [0.2, 0.25) is 0 Å². The molecule has 0 aliphatic carbocycles. The van der Waals surface area contributed by atoms with Crippen molar-refractivity contribution in [3.8, 4) is 11.6 Å². The van der Waals surface area contributed by atoms with Crippen LogP contribution in [0.1, 0.15) is 17.3 Å². The summed E-state index contributed by atoms with van der Waals surface area (Å²) in [5, 5.41) is 0. The van der Waals surface area contributed by atoms with E-state index in [9.17, 15) is 4.79 Å². The summed E-state index contributed by atoms with van der Waals surface area (Å²) in [6.45, 7) is 2.11. The Kier molecular flexibility index (Phi) is 3.97. The molecule has 0 saturated carbocycles. The number of pyridine rings is 1. The lowest BCUT2D eigenvalue weighted by Gasteiger charge is -2.07. The van der Waals surface area contributed by atoms with Gasteiger partial charge in [0, 0.05) is 6.20 Å². The molecule has 2 rings (SSSR count). The van der Waals surface area contributed by atoms with E-state index in [4.69, 9.17) is 15.2 Å². The van der Waals surface area contributed by atoms with Gasteiger partial charge < -0.3 is 15.2 Å². The standard InChI is InChI=1S/C14H14N2O3/c1-2-18-14(17)10-5-7-11(8-6-10)19-13-12(15)4-3-9-16-13/h3-9H,2,15H2,1H3. The number of carbonyl (C=O) groups is 1. The number of esters is 1. The third-order valence-electron chi connectivity index (χ3n) is 2.38. The molecule has 98 valence electrons. The van der Waals surface area contributed by atoms with Crippen LogP contribution in [-0.4, -0.2) is 17.6 Å². The molecule has 0 amide bonds. The Balaban J connectivity index is 2.11. The van der Waals surface area contributed by atoms with Gasteiger partial charge in [-0.2, -0.15) is 0 Å². The molecule has 0 fully saturated rings. The highest BCUT2D eigenvalue weighted by Gasteiger charge is 2.07. The highest BCUT2D eigenvalue weighted by Crippen LogP contribution is 2.24. The van der Waals surface area contributed by atoms with Gasteiger partial charge in [-0.25, -0.2) is 9.78 Å². The van der Waals surface area contributed by atoms with Crippen molar-refractivity contribution in [2.45, 2.75) is 6.92 Å². The fourth-order valence-electron chi connectivity index (χ4n) is 1.47. The van der Waals surface area contributed by atoms with E-state index >= 15 is 0 Å². The molecule has 2 N–H and O–H groups in total. The maximum Gasteiger partial charge on any atom is 0.338 e. The first kappa shape index (κ1) is 12.9. The van der Waals surface area contributed by atoms with E-state index in [0.29, 0.717) is 29.5 Å². The summed E-state index contributed by atoms with van der Waals surface area (Å²) < 4.78 is 10.4. The molecule has 0 saturated heterocycles. The van der Waals surface area contributed by atoms with Crippen molar-refractivity contribution < 1.29 is 14.3 Å². The molecule has 5 nitrogen and oxygen atoms in total. The van der Waals surface area contributed by atoms with Gasteiger partial charge in [0.1, 0.15) is 5.75 Å². The van der Waals surface area contributed by atoms with E-state index in [-0.39, 0.29) is 5.97 Å². The molecule has 2 aromatic rings. The van der Waals surface area contributed by atoms with Crippen LogP contribution < -0.4 is 10.5 Å². The van der Waals surface area contributed by atoms with Gasteiger partial charge in [-0.15, -0.1) is 0 Å². The van der Waals surface area contributed by atoms with Crippen LogP contribution in [0.5, 0.6) is 11.6 Å². The van der Waals surface area contributed by atoms with Crippen LogP contribution in [0.3, 0.4) is 0 Å². The Bertz CT molecular complexity index is 567. The van der Waals surface area contributed by atoms with Crippen molar-refractivity contribution in [1.82, 2.24) is 4.98 Å². The Morgan fingerprint density at radius 3 is 2.63 bits per heavy atom. The third kappa shape index (κ3) is 3.22. The van der Waals surface area contributed by atoms with E-state index in [1.165, 1.54) is 0 Å². The zero-order chi connectivity index (χ0) is 13.7. The van der Waals surface area contributed by atoms with Crippen LogP contribution in [-0.2, 0) is 4.74 Å². The van der Waals surface area contributed by atoms with Gasteiger partial charge in [0.15, 0.2) is 0 Å². The molecule has 1 heterocycles. The Labute approximate surface area is 111 Å². The predicted molar refractivity (Wildman–Crippen MR) is 71.1 cm³/mol. The summed E-state index contributed by atoms with van der Waals surface area (Å²) in [4.78, 5) is 15.5. The molecule has 0 atom stereocenters. The Morgan fingerprint density at radius 2 is 2.00 bits per heavy atom. The molecular formula is C14H14N2O3. The number of ether oxygens (including phenoxy) is 2. The molecule has 0 unspecified atom stereocenters. The summed E-state index contributed by atoms with van der Waals surface area (Å²) in [7, 11) is 0. The first-order valence-corrected chi connectivity index (χ1v) is 5.86. The fourth-order valence-corrected chi connectivity index (χ4v) is 1.47. The number of rotatable bonds is 4. The van der Waals surface area contributed by atoms with E-state index in [0.717, 1.165) is 0 Å². The molecule has 1 aromatic heterocycles. The van der Waals surface area contributed by atoms with Crippen LogP contribution >= 0.6 is 0 Å². The first-order chi connectivity index (χ1) is 9.20. The molecule has 0 aliphatic rings. The minimum absolute atomic E-state index is 0.339. The molecule has 1 aromatic carbocycles. The summed E-state index contributed by atoms with van der Waals surface area (Å²) in [6, 6.07) is 10.0. The largest absolute Gasteiger partial charge is 0.462 e. The normalized spacial score (nSPS) is 9.95. The SMILES string of the molecule is CCOC(=O)c1ccc(Oc2ncccc2N)cc1. The van der Waals surface area contributed by atoms with Crippen molar-refractivity contribution in [1.29, 1.82) is 0 Å². The predicted octanol–water partition coefficient (Wildman–Crippen LogP) is 2.63. The van der Waals surface area contributed by atoms with Crippen LogP contribution in [0.15, 0.2) is 42.6 Å². The van der Waals surface area contributed by atoms with E-state index in [1.54, 1.807) is 49.5 Å². The summed E-state index contributed by atoms with van der Waals surface area (Å²) in [5.74, 6) is 0.538. The lowest BCUT2D eigenvalue weighted by atomic mass is 10.2. The number of aromatic nitrogens is 1. The molecule has 0 radical (unpaired) electrons. The van der Waals surface area contributed by atoms with Crippen molar-refractivity contribution in [2.75, 3.05) is 12.3 Å². The zero-order valence-corrected chi connectivity index (χ0v) is 10.5. The maximum absolute atomic E-state index is 11.5. The van der Waals surface area contributed by atoms with Gasteiger partial charge in [-0.05, 0) is 43.3 Å². The number of nitrogens with two attached hydrogens (primary N) is 1. The molecule has 19 heavy (non-hydrogen) atoms. The second-order valence-corrected chi connectivity index (χ2v) is 3.74. The highest BCUT2D eigenvalue weighted by molar-refractivity contribution is 5.89. The number of carbonyl (C=O) groups excluding carboxylic acids is 1. The minimum atomic E-state index is -0.355. The van der Waals surface area contributed by atoms with Gasteiger partial charge in [-0.3, -0.25) is 0 Å². The molecular weight excluding hydrogens is 244 g/mol. The zero-order valence-electron chi connectivity index (χ0n) is 10.5. The lowest BCUT2D eigenvalue weighted by Crippen LogP contribution is -2.04. The highest BCUT2D eigenvalue weighted by atomic mass is 16.5. The number of benzene rings is 1. The lowest BCUT2D eigenvalue weighted by molar-refractivity contribution is 0.0526. The van der Waals surface area contributed by atoms with Crippen molar-refractivity contribution in [3.63, 3.8) is 0 Å². The molecule has 0 spiro atoms. The van der Waals surface area contributed by atoms with E-state index in [2.05, 4.69) is 4.98 Å². The van der Waals surface area contributed by atoms with Crippen molar-refractivity contribution >= 4 is 11.7 Å². The molecule has 0 bridgehead atoms. The van der Waals surface area contributed by atoms with Crippen LogP contribution in [0.25, 0.3) is 0 Å². The van der Waals surface area contributed by atoms with Crippen LogP contribution in [0, 0.1) is 0 Å². The summed E-state index contributed by atoms with van der Waals surface area (Å²) in [6.07, 6.45) is 1.60. The minimum Gasteiger partial charge on any atom is -0.462 e. The Hall–Kier alpha value is -2.56. The Morgan fingerprint density at radius 1 is 1.26 bits per heavy atom. The second kappa shape index (κ2) is 5.86. The van der Waals surface area contributed by atoms with Gasteiger partial charge in [-0.1, -0.05) is 0 Å². The van der Waals surface area contributed by atoms with Crippen molar-refractivity contribution in [3.05, 3.63) is 48.2 Å². The number of nitrogens with zero attached hydrogens (tertiary/aromatic N) is 1. The fraction of sp³-hybridized carbons (Fsp3) is 0.143. The monoisotopic (exact) mass is 258 g/mol. The van der Waals surface area contributed by atoms with Gasteiger partial charge in [0.25, 0.3) is 0 Å². The smallest absolute Gasteiger partial charge is 0.338 e. The molecule has 0 aliphatic heterocycles. The number of hydrogen-bond acceptors (Lipinski definition) is 5. The topological polar surface area (TPSA) is 74.4 Å². The molecule has 5 heteroatoms. The third-order valence-corrected chi connectivity index (χ3v) is 2.38. The summed E-state index contributed by atoms with van der Waals surface area (Å²) in [5.41, 5.74) is 6.66. The number of hydrogen-bond donors (Lipinski definition) is 1. The first-order valence-electron chi connectivity index (χ1n) is 5.86. The average molecular weight is 258 g/mol. The van der Waals surface area contributed by atoms with Gasteiger partial charge >= 0.3 is 5.97 Å². The van der Waals surface area contributed by atoms with Crippen molar-refractivity contribution in [2.24, 2.45) is 0 Å². The van der Waals surface area contributed by atoms with E-state index in [1.807, 2.05) is 0 Å².